The van der Waals surface area contributed by atoms with Crippen LogP contribution >= 0.6 is 11.6 Å². The summed E-state index contributed by atoms with van der Waals surface area (Å²) in [7, 11) is 0. The van der Waals surface area contributed by atoms with Crippen molar-refractivity contribution in [3.8, 4) is 0 Å². The summed E-state index contributed by atoms with van der Waals surface area (Å²) in [6, 6.07) is 7.97. The minimum Gasteiger partial charge on any atom is -0.370 e. The highest BCUT2D eigenvalue weighted by molar-refractivity contribution is 6.32. The maximum atomic E-state index is 11.8. The molecule has 1 amide bonds. The molecule has 3 nitrogen and oxygen atoms in total. The Bertz CT molecular complexity index is 426. The van der Waals surface area contributed by atoms with Crippen LogP contribution in [0.5, 0.6) is 0 Å². The third-order valence-corrected chi connectivity index (χ3v) is 3.67. The van der Waals surface area contributed by atoms with Gasteiger partial charge in [-0.3, -0.25) is 4.79 Å². The van der Waals surface area contributed by atoms with Crippen LogP contribution in [0.25, 0.3) is 0 Å². The standard InChI is InChI=1S/C15H21ClN2O/c1-12(16)15(19)17-13-8-4-5-9-14(13)18-10-6-2-3-7-11-18/h4-5,8-9,12H,2-3,6-7,10-11H2,1H3,(H,17,19)/t12-/m0/s1. The summed E-state index contributed by atoms with van der Waals surface area (Å²) in [4.78, 5) is 14.1. The summed E-state index contributed by atoms with van der Waals surface area (Å²) in [6.45, 7) is 3.80. The molecule has 1 saturated heterocycles. The summed E-state index contributed by atoms with van der Waals surface area (Å²) in [5.41, 5.74) is 1.97. The molecule has 1 aromatic carbocycles. The van der Waals surface area contributed by atoms with Gasteiger partial charge in [0.15, 0.2) is 0 Å². The molecule has 2 rings (SSSR count). The fraction of sp³-hybridized carbons (Fsp3) is 0.533. The number of carbonyl (C=O) groups excluding carboxylic acids is 1. The first-order chi connectivity index (χ1) is 9.18. The molecule has 1 aliphatic rings. The summed E-state index contributed by atoms with van der Waals surface area (Å²) in [6.07, 6.45) is 5.02. The second-order valence-corrected chi connectivity index (χ2v) is 5.68. The van der Waals surface area contributed by atoms with Gasteiger partial charge in [0.2, 0.25) is 5.91 Å². The number of carbonyl (C=O) groups is 1. The Labute approximate surface area is 119 Å². The number of rotatable bonds is 3. The van der Waals surface area contributed by atoms with Crippen molar-refractivity contribution >= 4 is 28.9 Å². The van der Waals surface area contributed by atoms with Gasteiger partial charge in [0.1, 0.15) is 5.38 Å². The molecule has 1 atom stereocenters. The van der Waals surface area contributed by atoms with E-state index in [9.17, 15) is 4.79 Å². The number of para-hydroxylation sites is 2. The Morgan fingerprint density at radius 1 is 1.21 bits per heavy atom. The average molecular weight is 281 g/mol. The van der Waals surface area contributed by atoms with Crippen LogP contribution in [0.1, 0.15) is 32.6 Å². The fourth-order valence-electron chi connectivity index (χ4n) is 2.40. The van der Waals surface area contributed by atoms with Gasteiger partial charge in [-0.05, 0) is 31.9 Å². The topological polar surface area (TPSA) is 32.3 Å². The Morgan fingerprint density at radius 2 is 1.84 bits per heavy atom. The smallest absolute Gasteiger partial charge is 0.242 e. The minimum atomic E-state index is -0.516. The van der Waals surface area contributed by atoms with Crippen molar-refractivity contribution in [1.82, 2.24) is 0 Å². The minimum absolute atomic E-state index is 0.149. The van der Waals surface area contributed by atoms with Gasteiger partial charge in [-0.25, -0.2) is 0 Å². The van der Waals surface area contributed by atoms with Crippen molar-refractivity contribution in [3.05, 3.63) is 24.3 Å². The Hall–Kier alpha value is -1.22. The number of nitrogens with zero attached hydrogens (tertiary/aromatic N) is 1. The zero-order valence-electron chi connectivity index (χ0n) is 11.4. The molecule has 104 valence electrons. The van der Waals surface area contributed by atoms with Crippen molar-refractivity contribution < 1.29 is 4.79 Å². The van der Waals surface area contributed by atoms with E-state index < -0.39 is 5.38 Å². The highest BCUT2D eigenvalue weighted by Crippen LogP contribution is 2.28. The highest BCUT2D eigenvalue weighted by atomic mass is 35.5. The van der Waals surface area contributed by atoms with E-state index in [1.165, 1.54) is 25.7 Å². The van der Waals surface area contributed by atoms with Crippen LogP contribution in [-0.2, 0) is 4.79 Å². The van der Waals surface area contributed by atoms with Gasteiger partial charge >= 0.3 is 0 Å². The van der Waals surface area contributed by atoms with E-state index >= 15 is 0 Å². The maximum absolute atomic E-state index is 11.8. The van der Waals surface area contributed by atoms with Crippen LogP contribution in [-0.4, -0.2) is 24.4 Å². The van der Waals surface area contributed by atoms with Crippen LogP contribution in [0, 0.1) is 0 Å². The maximum Gasteiger partial charge on any atom is 0.242 e. The number of amides is 1. The first kappa shape index (κ1) is 14.2. The van der Waals surface area contributed by atoms with E-state index in [4.69, 9.17) is 11.6 Å². The normalized spacial score (nSPS) is 17.7. The predicted octanol–water partition coefficient (Wildman–Crippen LogP) is 3.63. The molecular formula is C15H21ClN2O. The molecule has 0 spiro atoms. The lowest BCUT2D eigenvalue weighted by Gasteiger charge is -2.25. The first-order valence-electron chi connectivity index (χ1n) is 6.97. The van der Waals surface area contributed by atoms with E-state index in [0.29, 0.717) is 0 Å². The number of nitrogens with one attached hydrogen (secondary N) is 1. The zero-order valence-corrected chi connectivity index (χ0v) is 12.1. The summed E-state index contributed by atoms with van der Waals surface area (Å²) >= 11 is 5.82. The molecule has 0 radical (unpaired) electrons. The second kappa shape index (κ2) is 6.80. The van der Waals surface area contributed by atoms with Crippen LogP contribution in [0.15, 0.2) is 24.3 Å². The van der Waals surface area contributed by atoms with Crippen LogP contribution in [0.2, 0.25) is 0 Å². The highest BCUT2D eigenvalue weighted by Gasteiger charge is 2.16. The second-order valence-electron chi connectivity index (χ2n) is 5.02. The van der Waals surface area contributed by atoms with E-state index in [-0.39, 0.29) is 5.91 Å². The quantitative estimate of drug-likeness (QED) is 0.858. The van der Waals surface area contributed by atoms with E-state index in [0.717, 1.165) is 24.5 Å². The lowest BCUT2D eigenvalue weighted by Crippen LogP contribution is -2.27. The molecule has 1 aliphatic heterocycles. The molecule has 0 bridgehead atoms. The summed E-state index contributed by atoms with van der Waals surface area (Å²) in [5, 5.41) is 2.40. The summed E-state index contributed by atoms with van der Waals surface area (Å²) < 4.78 is 0. The van der Waals surface area contributed by atoms with E-state index in [2.05, 4.69) is 16.3 Å². The number of hydrogen-bond acceptors (Lipinski definition) is 2. The molecule has 1 fully saturated rings. The number of halogens is 1. The monoisotopic (exact) mass is 280 g/mol. The van der Waals surface area contributed by atoms with E-state index in [1.807, 2.05) is 18.2 Å². The van der Waals surface area contributed by atoms with Crippen LogP contribution in [0.4, 0.5) is 11.4 Å². The molecule has 0 saturated carbocycles. The first-order valence-corrected chi connectivity index (χ1v) is 7.41. The SMILES string of the molecule is C[C@H](Cl)C(=O)Nc1ccccc1N1CCCCCC1. The third-order valence-electron chi connectivity index (χ3n) is 3.47. The number of benzene rings is 1. The van der Waals surface area contributed by atoms with Gasteiger partial charge in [-0.1, -0.05) is 25.0 Å². The van der Waals surface area contributed by atoms with Gasteiger partial charge in [0, 0.05) is 13.1 Å². The molecule has 1 N–H and O–H groups in total. The van der Waals surface area contributed by atoms with Crippen molar-refractivity contribution in [2.24, 2.45) is 0 Å². The van der Waals surface area contributed by atoms with Crippen molar-refractivity contribution in [3.63, 3.8) is 0 Å². The number of alkyl halides is 1. The molecule has 1 heterocycles. The van der Waals surface area contributed by atoms with Gasteiger partial charge in [-0.2, -0.15) is 0 Å². The number of hydrogen-bond donors (Lipinski definition) is 1. The molecule has 4 heteroatoms. The van der Waals surface area contributed by atoms with E-state index in [1.54, 1.807) is 6.92 Å². The Balaban J connectivity index is 2.17. The van der Waals surface area contributed by atoms with Crippen molar-refractivity contribution in [1.29, 1.82) is 0 Å². The van der Waals surface area contributed by atoms with Crippen molar-refractivity contribution in [2.45, 2.75) is 38.0 Å². The van der Waals surface area contributed by atoms with Gasteiger partial charge in [0.05, 0.1) is 11.4 Å². The number of anilines is 2. The molecule has 1 aromatic rings. The van der Waals surface area contributed by atoms with Crippen molar-refractivity contribution in [2.75, 3.05) is 23.3 Å². The van der Waals surface area contributed by atoms with Gasteiger partial charge in [0.25, 0.3) is 0 Å². The molecular weight excluding hydrogens is 260 g/mol. The van der Waals surface area contributed by atoms with Gasteiger partial charge in [-0.15, -0.1) is 11.6 Å². The molecule has 0 aromatic heterocycles. The average Bonchev–Trinajstić information content (AvgIpc) is 2.68. The Morgan fingerprint density at radius 3 is 2.47 bits per heavy atom. The fourth-order valence-corrected chi connectivity index (χ4v) is 2.45. The Kier molecular flexibility index (Phi) is 5.08. The lowest BCUT2D eigenvalue weighted by atomic mass is 10.2. The predicted molar refractivity (Wildman–Crippen MR) is 81.1 cm³/mol. The largest absolute Gasteiger partial charge is 0.370 e. The summed E-state index contributed by atoms with van der Waals surface area (Å²) in [5.74, 6) is -0.149. The molecule has 19 heavy (non-hydrogen) atoms. The molecule has 0 unspecified atom stereocenters. The third kappa shape index (κ3) is 3.87. The zero-order chi connectivity index (χ0) is 13.7. The van der Waals surface area contributed by atoms with Crippen LogP contribution < -0.4 is 10.2 Å². The lowest BCUT2D eigenvalue weighted by molar-refractivity contribution is -0.115. The van der Waals surface area contributed by atoms with Crippen LogP contribution in [0.3, 0.4) is 0 Å². The molecule has 0 aliphatic carbocycles. The van der Waals surface area contributed by atoms with Gasteiger partial charge < -0.3 is 10.2 Å².